The number of benzene rings is 1. The molecular formula is C19H20N4O2S. The smallest absolute Gasteiger partial charge is 0.319 e. The molecule has 3 rings (SSSR count). The van der Waals surface area contributed by atoms with Gasteiger partial charge in [0.2, 0.25) is 0 Å². The lowest BCUT2D eigenvalue weighted by Gasteiger charge is -2.11. The summed E-state index contributed by atoms with van der Waals surface area (Å²) in [5.74, 6) is 0.651. The Morgan fingerprint density at radius 3 is 2.85 bits per heavy atom. The highest BCUT2D eigenvalue weighted by Crippen LogP contribution is 2.27. The van der Waals surface area contributed by atoms with E-state index in [9.17, 15) is 4.79 Å². The average molecular weight is 368 g/mol. The highest BCUT2D eigenvalue weighted by atomic mass is 32.1. The standard InChI is InChI=1S/C19H20N4O2S/c1-3-25-16-9-5-4-8-15(16)23-19(24)21-12-17-13(2)22-18(26-17)14-7-6-10-20-11-14/h4-11H,3,12H2,1-2H3,(H2,21,23,24). The molecule has 0 aliphatic heterocycles. The van der Waals surface area contributed by atoms with E-state index in [4.69, 9.17) is 4.74 Å². The predicted molar refractivity (Wildman–Crippen MR) is 104 cm³/mol. The Labute approximate surface area is 156 Å². The maximum atomic E-state index is 12.2. The maximum absolute atomic E-state index is 12.2. The predicted octanol–water partition coefficient (Wildman–Crippen LogP) is 4.23. The fourth-order valence-electron chi connectivity index (χ4n) is 2.38. The average Bonchev–Trinajstić information content (AvgIpc) is 3.03. The molecule has 3 aromatic rings. The van der Waals surface area contributed by atoms with Crippen LogP contribution in [0.4, 0.5) is 10.5 Å². The summed E-state index contributed by atoms with van der Waals surface area (Å²) in [6.07, 6.45) is 3.52. The normalized spacial score (nSPS) is 10.4. The molecule has 7 heteroatoms. The molecule has 0 spiro atoms. The lowest BCUT2D eigenvalue weighted by molar-refractivity contribution is 0.251. The monoisotopic (exact) mass is 368 g/mol. The Kier molecular flexibility index (Phi) is 5.80. The number of anilines is 1. The van der Waals surface area contributed by atoms with Crippen LogP contribution >= 0.6 is 11.3 Å². The Morgan fingerprint density at radius 1 is 1.23 bits per heavy atom. The van der Waals surface area contributed by atoms with Gasteiger partial charge in [-0.15, -0.1) is 11.3 Å². The van der Waals surface area contributed by atoms with Crippen molar-refractivity contribution in [1.29, 1.82) is 0 Å². The van der Waals surface area contributed by atoms with Crippen LogP contribution in [0.5, 0.6) is 5.75 Å². The molecule has 0 saturated heterocycles. The molecule has 2 N–H and O–H groups in total. The molecule has 0 saturated carbocycles. The van der Waals surface area contributed by atoms with Crippen molar-refractivity contribution >= 4 is 23.1 Å². The first-order valence-electron chi connectivity index (χ1n) is 8.30. The first kappa shape index (κ1) is 17.9. The van der Waals surface area contributed by atoms with Crippen molar-refractivity contribution < 1.29 is 9.53 Å². The van der Waals surface area contributed by atoms with Crippen LogP contribution in [-0.2, 0) is 6.54 Å². The number of ether oxygens (including phenoxy) is 1. The van der Waals surface area contributed by atoms with E-state index < -0.39 is 0 Å². The Bertz CT molecular complexity index is 880. The van der Waals surface area contributed by atoms with Crippen LogP contribution in [-0.4, -0.2) is 22.6 Å². The number of aryl methyl sites for hydroxylation is 1. The summed E-state index contributed by atoms with van der Waals surface area (Å²) in [6.45, 7) is 4.79. The number of rotatable bonds is 6. The second-order valence-electron chi connectivity index (χ2n) is 5.51. The third-order valence-electron chi connectivity index (χ3n) is 3.65. The lowest BCUT2D eigenvalue weighted by Crippen LogP contribution is -2.28. The van der Waals surface area contributed by atoms with Gasteiger partial charge in [0.05, 0.1) is 24.5 Å². The quantitative estimate of drug-likeness (QED) is 0.682. The lowest BCUT2D eigenvalue weighted by atomic mass is 10.3. The third-order valence-corrected chi connectivity index (χ3v) is 4.85. The van der Waals surface area contributed by atoms with Gasteiger partial charge in [0.25, 0.3) is 0 Å². The summed E-state index contributed by atoms with van der Waals surface area (Å²) in [7, 11) is 0. The van der Waals surface area contributed by atoms with Crippen molar-refractivity contribution in [2.75, 3.05) is 11.9 Å². The maximum Gasteiger partial charge on any atom is 0.319 e. The van der Waals surface area contributed by atoms with E-state index in [1.807, 2.05) is 50.2 Å². The number of carbonyl (C=O) groups is 1. The van der Waals surface area contributed by atoms with E-state index in [1.54, 1.807) is 23.7 Å². The van der Waals surface area contributed by atoms with E-state index in [2.05, 4.69) is 20.6 Å². The number of para-hydroxylation sites is 2. The molecule has 0 radical (unpaired) electrons. The van der Waals surface area contributed by atoms with E-state index in [0.717, 1.165) is 21.1 Å². The van der Waals surface area contributed by atoms with Crippen molar-refractivity contribution in [2.24, 2.45) is 0 Å². The number of thiazole rings is 1. The number of amides is 2. The molecule has 26 heavy (non-hydrogen) atoms. The second-order valence-corrected chi connectivity index (χ2v) is 6.59. The number of aromatic nitrogens is 2. The number of nitrogens with one attached hydrogen (secondary N) is 2. The molecule has 0 aliphatic rings. The van der Waals surface area contributed by atoms with Crippen LogP contribution in [0.15, 0.2) is 48.8 Å². The minimum atomic E-state index is -0.284. The number of nitrogens with zero attached hydrogens (tertiary/aromatic N) is 2. The largest absolute Gasteiger partial charge is 0.492 e. The zero-order valence-electron chi connectivity index (χ0n) is 14.7. The SMILES string of the molecule is CCOc1ccccc1NC(=O)NCc1sc(-c2cccnc2)nc1C. The van der Waals surface area contributed by atoms with Gasteiger partial charge in [0.1, 0.15) is 10.8 Å². The molecule has 0 unspecified atom stereocenters. The van der Waals surface area contributed by atoms with Crippen LogP contribution < -0.4 is 15.4 Å². The van der Waals surface area contributed by atoms with E-state index in [0.29, 0.717) is 24.6 Å². The van der Waals surface area contributed by atoms with Crippen LogP contribution in [0.25, 0.3) is 10.6 Å². The summed E-state index contributed by atoms with van der Waals surface area (Å²) >= 11 is 1.55. The summed E-state index contributed by atoms with van der Waals surface area (Å²) in [4.78, 5) is 21.9. The molecule has 1 aromatic carbocycles. The molecule has 134 valence electrons. The van der Waals surface area contributed by atoms with Crippen molar-refractivity contribution in [3.8, 4) is 16.3 Å². The zero-order valence-corrected chi connectivity index (χ0v) is 15.5. The molecule has 6 nitrogen and oxygen atoms in total. The molecule has 2 heterocycles. The topological polar surface area (TPSA) is 76.1 Å². The zero-order chi connectivity index (χ0) is 18.4. The van der Waals surface area contributed by atoms with Gasteiger partial charge < -0.3 is 15.4 Å². The summed E-state index contributed by atoms with van der Waals surface area (Å²) in [6, 6.07) is 10.9. The van der Waals surface area contributed by atoms with Gasteiger partial charge in [-0.25, -0.2) is 9.78 Å². The van der Waals surface area contributed by atoms with Gasteiger partial charge in [-0.05, 0) is 38.1 Å². The molecular weight excluding hydrogens is 348 g/mol. The first-order valence-corrected chi connectivity index (χ1v) is 9.12. The van der Waals surface area contributed by atoms with Crippen molar-refractivity contribution in [3.05, 3.63) is 59.4 Å². The summed E-state index contributed by atoms with van der Waals surface area (Å²) < 4.78 is 5.52. The molecule has 0 aliphatic carbocycles. The molecule has 0 bridgehead atoms. The minimum absolute atomic E-state index is 0.284. The Hall–Kier alpha value is -2.93. The summed E-state index contributed by atoms with van der Waals surface area (Å²) in [5.41, 5.74) is 2.52. The number of carbonyl (C=O) groups excluding carboxylic acids is 1. The number of hydrogen-bond donors (Lipinski definition) is 2. The van der Waals surface area contributed by atoms with E-state index in [1.165, 1.54) is 0 Å². The molecule has 0 fully saturated rings. The van der Waals surface area contributed by atoms with E-state index in [-0.39, 0.29) is 6.03 Å². The van der Waals surface area contributed by atoms with E-state index >= 15 is 0 Å². The van der Waals surface area contributed by atoms with Gasteiger partial charge >= 0.3 is 6.03 Å². The third kappa shape index (κ3) is 4.37. The van der Waals surface area contributed by atoms with Gasteiger partial charge in [-0.2, -0.15) is 0 Å². The highest BCUT2D eigenvalue weighted by molar-refractivity contribution is 7.15. The highest BCUT2D eigenvalue weighted by Gasteiger charge is 2.12. The van der Waals surface area contributed by atoms with Gasteiger partial charge in [-0.3, -0.25) is 4.98 Å². The molecule has 2 amide bonds. The Morgan fingerprint density at radius 2 is 2.08 bits per heavy atom. The summed E-state index contributed by atoms with van der Waals surface area (Å²) in [5, 5.41) is 6.59. The van der Waals surface area contributed by atoms with Crippen molar-refractivity contribution in [2.45, 2.75) is 20.4 Å². The van der Waals surface area contributed by atoms with Crippen LogP contribution in [0.1, 0.15) is 17.5 Å². The van der Waals surface area contributed by atoms with Crippen LogP contribution in [0, 0.1) is 6.92 Å². The molecule has 2 aromatic heterocycles. The molecule has 0 atom stereocenters. The fourth-order valence-corrected chi connectivity index (χ4v) is 3.38. The Balaban J connectivity index is 1.63. The number of hydrogen-bond acceptors (Lipinski definition) is 5. The number of urea groups is 1. The van der Waals surface area contributed by atoms with Crippen molar-refractivity contribution in [3.63, 3.8) is 0 Å². The van der Waals surface area contributed by atoms with Crippen LogP contribution in [0.2, 0.25) is 0 Å². The van der Waals surface area contributed by atoms with Crippen LogP contribution in [0.3, 0.4) is 0 Å². The number of pyridine rings is 1. The van der Waals surface area contributed by atoms with Gasteiger partial charge in [0.15, 0.2) is 0 Å². The minimum Gasteiger partial charge on any atom is -0.492 e. The second kappa shape index (κ2) is 8.44. The van der Waals surface area contributed by atoms with Crippen molar-refractivity contribution in [1.82, 2.24) is 15.3 Å². The fraction of sp³-hybridized carbons (Fsp3) is 0.211. The van der Waals surface area contributed by atoms with Gasteiger partial charge in [0, 0.05) is 22.8 Å². The first-order chi connectivity index (χ1) is 12.7. The van der Waals surface area contributed by atoms with Gasteiger partial charge in [-0.1, -0.05) is 12.1 Å².